The van der Waals surface area contributed by atoms with Crippen LogP contribution in [0.15, 0.2) is 46.9 Å². The number of hydrogen-bond acceptors (Lipinski definition) is 5. The number of nitrogens with one attached hydrogen (secondary N) is 1. The molecule has 2 heterocycles. The number of benzene rings is 1. The molecule has 3 rings (SSSR count). The number of carbonyl (C=O) groups is 1. The Kier molecular flexibility index (Phi) is 5.88. The Hall–Kier alpha value is -2.12. The van der Waals surface area contributed by atoms with E-state index in [2.05, 4.69) is 27.0 Å². The lowest BCUT2D eigenvalue weighted by atomic mass is 10.2. The highest BCUT2D eigenvalue weighted by Crippen LogP contribution is 2.27. The van der Waals surface area contributed by atoms with Crippen molar-refractivity contribution in [2.75, 3.05) is 11.1 Å². The molecule has 0 saturated heterocycles. The number of rotatable bonds is 7. The van der Waals surface area contributed by atoms with E-state index in [1.54, 1.807) is 11.3 Å². The van der Waals surface area contributed by atoms with Gasteiger partial charge in [-0.05, 0) is 42.5 Å². The summed E-state index contributed by atoms with van der Waals surface area (Å²) in [7, 11) is 0. The Morgan fingerprint density at radius 3 is 2.88 bits per heavy atom. The van der Waals surface area contributed by atoms with Gasteiger partial charge in [0.1, 0.15) is 0 Å². The molecule has 0 aliphatic heterocycles. The molecule has 2 aromatic heterocycles. The van der Waals surface area contributed by atoms with Gasteiger partial charge in [0, 0.05) is 12.2 Å². The average Bonchev–Trinajstić information content (AvgIpc) is 3.23. The van der Waals surface area contributed by atoms with Gasteiger partial charge in [0.25, 0.3) is 0 Å². The molecule has 0 aliphatic rings. The molecule has 3 aromatic rings. The van der Waals surface area contributed by atoms with Crippen molar-refractivity contribution < 1.29 is 4.79 Å². The van der Waals surface area contributed by atoms with Crippen LogP contribution in [0.4, 0.5) is 5.69 Å². The number of nitrogens with zero attached hydrogens (tertiary/aromatic N) is 3. The van der Waals surface area contributed by atoms with Crippen LogP contribution in [0, 0.1) is 6.92 Å². The van der Waals surface area contributed by atoms with Crippen molar-refractivity contribution in [2.45, 2.75) is 32.0 Å². The van der Waals surface area contributed by atoms with E-state index in [1.165, 1.54) is 11.8 Å². The number of hydrogen-bond donors (Lipinski definition) is 1. The first kappa shape index (κ1) is 17.7. The first-order chi connectivity index (χ1) is 12.2. The summed E-state index contributed by atoms with van der Waals surface area (Å²) < 4.78 is 2.09. The van der Waals surface area contributed by atoms with Crippen molar-refractivity contribution in [3.8, 4) is 10.7 Å². The molecule has 25 heavy (non-hydrogen) atoms. The summed E-state index contributed by atoms with van der Waals surface area (Å²) in [6, 6.07) is 11.8. The van der Waals surface area contributed by atoms with Crippen LogP contribution in [-0.4, -0.2) is 26.4 Å². The Labute approximate surface area is 155 Å². The van der Waals surface area contributed by atoms with Crippen LogP contribution in [0.5, 0.6) is 0 Å². The molecule has 0 saturated carbocycles. The van der Waals surface area contributed by atoms with Gasteiger partial charge in [-0.3, -0.25) is 4.79 Å². The molecule has 130 valence electrons. The van der Waals surface area contributed by atoms with E-state index >= 15 is 0 Å². The third-order valence-corrected chi connectivity index (χ3v) is 5.37. The van der Waals surface area contributed by atoms with Crippen molar-refractivity contribution in [2.24, 2.45) is 0 Å². The monoisotopic (exact) mass is 372 g/mol. The molecular formula is C18H20N4OS2. The van der Waals surface area contributed by atoms with E-state index in [9.17, 15) is 4.79 Å². The maximum atomic E-state index is 12.2. The molecule has 5 nitrogen and oxygen atoms in total. The molecule has 0 aliphatic carbocycles. The topological polar surface area (TPSA) is 59.8 Å². The second-order valence-electron chi connectivity index (χ2n) is 5.64. The normalized spacial score (nSPS) is 10.8. The van der Waals surface area contributed by atoms with Gasteiger partial charge in [0.2, 0.25) is 5.91 Å². The van der Waals surface area contributed by atoms with Crippen molar-refractivity contribution in [3.63, 3.8) is 0 Å². The average molecular weight is 373 g/mol. The number of thioether (sulfide) groups is 1. The smallest absolute Gasteiger partial charge is 0.234 e. The van der Waals surface area contributed by atoms with Gasteiger partial charge in [-0.2, -0.15) is 0 Å². The molecule has 0 atom stereocenters. The van der Waals surface area contributed by atoms with Crippen LogP contribution in [0.25, 0.3) is 10.7 Å². The second-order valence-corrected chi connectivity index (χ2v) is 7.53. The van der Waals surface area contributed by atoms with Crippen LogP contribution in [-0.2, 0) is 11.3 Å². The number of anilines is 1. The highest BCUT2D eigenvalue weighted by molar-refractivity contribution is 7.99. The van der Waals surface area contributed by atoms with Crippen molar-refractivity contribution in [1.29, 1.82) is 0 Å². The van der Waals surface area contributed by atoms with Crippen LogP contribution in [0.1, 0.15) is 18.9 Å². The first-order valence-electron chi connectivity index (χ1n) is 8.13. The second kappa shape index (κ2) is 8.31. The molecular weight excluding hydrogens is 352 g/mol. The molecule has 0 radical (unpaired) electrons. The molecule has 7 heteroatoms. The van der Waals surface area contributed by atoms with Gasteiger partial charge in [0.05, 0.1) is 10.6 Å². The number of thiophene rings is 1. The molecule has 0 bridgehead atoms. The molecule has 1 amide bonds. The van der Waals surface area contributed by atoms with Crippen molar-refractivity contribution in [3.05, 3.63) is 47.3 Å². The van der Waals surface area contributed by atoms with Gasteiger partial charge >= 0.3 is 0 Å². The van der Waals surface area contributed by atoms with Crippen LogP contribution < -0.4 is 5.32 Å². The lowest BCUT2D eigenvalue weighted by Gasteiger charge is -2.08. The van der Waals surface area contributed by atoms with Gasteiger partial charge < -0.3 is 9.88 Å². The molecule has 1 aromatic carbocycles. The molecule has 1 N–H and O–H groups in total. The fourth-order valence-electron chi connectivity index (χ4n) is 2.46. The summed E-state index contributed by atoms with van der Waals surface area (Å²) in [5, 5.41) is 14.3. The maximum absolute atomic E-state index is 12.2. The summed E-state index contributed by atoms with van der Waals surface area (Å²) in [5.74, 6) is 1.14. The highest BCUT2D eigenvalue weighted by atomic mass is 32.2. The minimum atomic E-state index is -0.0423. The standard InChI is InChI=1S/C18H20N4OS2/c1-3-9-22-17(15-8-5-10-24-15)20-21-18(22)25-12-16(23)19-14-7-4-6-13(2)11-14/h4-8,10-11H,3,9,12H2,1-2H3,(H,19,23). The Morgan fingerprint density at radius 1 is 1.28 bits per heavy atom. The summed E-state index contributed by atoms with van der Waals surface area (Å²) in [5.41, 5.74) is 1.94. The van der Waals surface area contributed by atoms with E-state index in [1.807, 2.05) is 48.7 Å². The summed E-state index contributed by atoms with van der Waals surface area (Å²) >= 11 is 3.06. The van der Waals surface area contributed by atoms with Gasteiger partial charge in [-0.1, -0.05) is 36.9 Å². The number of carbonyl (C=O) groups excluding carboxylic acids is 1. The zero-order chi connectivity index (χ0) is 17.6. The zero-order valence-electron chi connectivity index (χ0n) is 14.2. The number of amides is 1. The Morgan fingerprint density at radius 2 is 2.16 bits per heavy atom. The predicted molar refractivity (Wildman–Crippen MR) is 104 cm³/mol. The quantitative estimate of drug-likeness (QED) is 0.622. The molecule has 0 spiro atoms. The largest absolute Gasteiger partial charge is 0.325 e. The Bertz CT molecular complexity index is 843. The van der Waals surface area contributed by atoms with E-state index in [0.717, 1.165) is 40.1 Å². The predicted octanol–water partition coefficient (Wildman–Crippen LogP) is 4.46. The first-order valence-corrected chi connectivity index (χ1v) is 10.0. The minimum absolute atomic E-state index is 0.0423. The minimum Gasteiger partial charge on any atom is -0.325 e. The maximum Gasteiger partial charge on any atom is 0.234 e. The fraction of sp³-hybridized carbons (Fsp3) is 0.278. The summed E-state index contributed by atoms with van der Waals surface area (Å²) in [6.45, 7) is 4.96. The molecule has 0 fully saturated rings. The van der Waals surface area contributed by atoms with Crippen LogP contribution >= 0.6 is 23.1 Å². The SMILES string of the molecule is CCCn1c(SCC(=O)Nc2cccc(C)c2)nnc1-c1cccs1. The highest BCUT2D eigenvalue weighted by Gasteiger charge is 2.15. The van der Waals surface area contributed by atoms with Gasteiger partial charge in [-0.25, -0.2) is 0 Å². The third-order valence-electron chi connectivity index (χ3n) is 3.54. The van der Waals surface area contributed by atoms with Gasteiger partial charge in [-0.15, -0.1) is 21.5 Å². The lowest BCUT2D eigenvalue weighted by Crippen LogP contribution is -2.14. The number of aromatic nitrogens is 3. The zero-order valence-corrected chi connectivity index (χ0v) is 15.9. The molecule has 0 unspecified atom stereocenters. The van der Waals surface area contributed by atoms with Crippen LogP contribution in [0.3, 0.4) is 0 Å². The van der Waals surface area contributed by atoms with Crippen LogP contribution in [0.2, 0.25) is 0 Å². The third kappa shape index (κ3) is 4.49. The van der Waals surface area contributed by atoms with E-state index < -0.39 is 0 Å². The van der Waals surface area contributed by atoms with E-state index in [4.69, 9.17) is 0 Å². The van der Waals surface area contributed by atoms with Crippen molar-refractivity contribution >= 4 is 34.7 Å². The lowest BCUT2D eigenvalue weighted by molar-refractivity contribution is -0.113. The summed E-state index contributed by atoms with van der Waals surface area (Å²) in [6.07, 6.45) is 0.986. The van der Waals surface area contributed by atoms with Crippen molar-refractivity contribution in [1.82, 2.24) is 14.8 Å². The Balaban J connectivity index is 1.67. The van der Waals surface area contributed by atoms with E-state index in [-0.39, 0.29) is 5.91 Å². The summed E-state index contributed by atoms with van der Waals surface area (Å²) in [4.78, 5) is 13.3. The fourth-order valence-corrected chi connectivity index (χ4v) is 3.94. The van der Waals surface area contributed by atoms with Gasteiger partial charge in [0.15, 0.2) is 11.0 Å². The number of aryl methyl sites for hydroxylation is 1. The van der Waals surface area contributed by atoms with E-state index in [0.29, 0.717) is 5.75 Å².